The van der Waals surface area contributed by atoms with Crippen LogP contribution >= 0.6 is 11.6 Å². The first-order valence-corrected chi connectivity index (χ1v) is 6.70. The number of nitrogens with one attached hydrogen (secondary N) is 2. The van der Waals surface area contributed by atoms with Crippen molar-refractivity contribution in [3.05, 3.63) is 23.1 Å². The van der Waals surface area contributed by atoms with Crippen molar-refractivity contribution in [1.29, 1.82) is 5.26 Å². The van der Waals surface area contributed by atoms with Crippen LogP contribution in [-0.2, 0) is 5.54 Å². The molecule has 0 fully saturated rings. The van der Waals surface area contributed by atoms with Crippen LogP contribution in [0.1, 0.15) is 19.5 Å². The number of nitrogens with zero attached hydrogens (tertiary/aromatic N) is 5. The minimum atomic E-state index is -0.721. The van der Waals surface area contributed by atoms with Crippen LogP contribution in [0, 0.1) is 18.3 Å². The zero-order chi connectivity index (χ0) is 15.6. The summed E-state index contributed by atoms with van der Waals surface area (Å²) in [6, 6.07) is 2.20. The first-order valence-electron chi connectivity index (χ1n) is 6.32. The maximum atomic E-state index is 9.16. The molecule has 2 aromatic rings. The number of rotatable bonds is 4. The predicted molar refractivity (Wildman–Crippen MR) is 81.8 cm³/mol. The van der Waals surface area contributed by atoms with E-state index in [4.69, 9.17) is 16.9 Å². The molecule has 0 unspecified atom stereocenters. The van der Waals surface area contributed by atoms with E-state index in [1.807, 2.05) is 6.92 Å². The summed E-state index contributed by atoms with van der Waals surface area (Å²) in [4.78, 5) is 8.37. The third-order valence-electron chi connectivity index (χ3n) is 2.97. The molecule has 21 heavy (non-hydrogen) atoms. The van der Waals surface area contributed by atoms with Gasteiger partial charge in [0.05, 0.1) is 29.8 Å². The van der Waals surface area contributed by atoms with Gasteiger partial charge in [-0.05, 0) is 20.8 Å². The summed E-state index contributed by atoms with van der Waals surface area (Å²) in [6.45, 7) is 5.43. The van der Waals surface area contributed by atoms with E-state index in [-0.39, 0.29) is 0 Å². The molecule has 0 aliphatic rings. The summed E-state index contributed by atoms with van der Waals surface area (Å²) in [5.74, 6) is 0.942. The van der Waals surface area contributed by atoms with Gasteiger partial charge in [0, 0.05) is 7.05 Å². The minimum absolute atomic E-state index is 0.404. The van der Waals surface area contributed by atoms with Crippen LogP contribution in [-0.4, -0.2) is 26.8 Å². The Bertz CT molecular complexity index is 699. The number of halogens is 1. The van der Waals surface area contributed by atoms with Crippen molar-refractivity contribution in [2.45, 2.75) is 26.3 Å². The van der Waals surface area contributed by atoms with Gasteiger partial charge < -0.3 is 10.6 Å². The zero-order valence-corrected chi connectivity index (χ0v) is 13.0. The summed E-state index contributed by atoms with van der Waals surface area (Å²) in [5.41, 5.74) is 0.771. The standard InChI is InChI=1S/C13H16ClN7/c1-8-10(6-21(20-8)13(2,3)7-15)18-12-17-5-9(14)11(16-4)19-12/h5-6H,1-4H3,(H2,16,17,18,19). The SMILES string of the molecule is CNc1nc(Nc2cn(C(C)(C)C#N)nc2C)ncc1Cl. The van der Waals surface area contributed by atoms with Crippen LogP contribution in [0.25, 0.3) is 0 Å². The lowest BCUT2D eigenvalue weighted by molar-refractivity contribution is 0.416. The molecule has 0 spiro atoms. The molecule has 8 heteroatoms. The van der Waals surface area contributed by atoms with E-state index in [1.165, 1.54) is 6.20 Å². The third kappa shape index (κ3) is 3.06. The Hall–Kier alpha value is -2.33. The van der Waals surface area contributed by atoms with Crippen molar-refractivity contribution < 1.29 is 0 Å². The van der Waals surface area contributed by atoms with Crippen LogP contribution in [0.2, 0.25) is 5.02 Å². The second kappa shape index (κ2) is 5.58. The molecule has 2 N–H and O–H groups in total. The Kier molecular flexibility index (Phi) is 4.00. The average Bonchev–Trinajstić information content (AvgIpc) is 2.83. The van der Waals surface area contributed by atoms with Gasteiger partial charge in [0.15, 0.2) is 0 Å². The lowest BCUT2D eigenvalue weighted by atomic mass is 10.1. The molecule has 110 valence electrons. The summed E-state index contributed by atoms with van der Waals surface area (Å²) in [6.07, 6.45) is 3.28. The second-order valence-electron chi connectivity index (χ2n) is 5.01. The molecule has 0 aromatic carbocycles. The quantitative estimate of drug-likeness (QED) is 0.902. The van der Waals surface area contributed by atoms with Crippen molar-refractivity contribution in [3.63, 3.8) is 0 Å². The molecular weight excluding hydrogens is 290 g/mol. The van der Waals surface area contributed by atoms with Gasteiger partial charge in [0.2, 0.25) is 5.95 Å². The third-order valence-corrected chi connectivity index (χ3v) is 3.25. The van der Waals surface area contributed by atoms with E-state index in [9.17, 15) is 0 Å². The number of hydrogen-bond acceptors (Lipinski definition) is 6. The highest BCUT2D eigenvalue weighted by molar-refractivity contribution is 6.32. The maximum Gasteiger partial charge on any atom is 0.229 e. The molecule has 0 saturated heterocycles. The fraction of sp³-hybridized carbons (Fsp3) is 0.385. The van der Waals surface area contributed by atoms with Crippen LogP contribution in [0.3, 0.4) is 0 Å². The molecule has 0 atom stereocenters. The van der Waals surface area contributed by atoms with Gasteiger partial charge in [-0.25, -0.2) is 4.98 Å². The van der Waals surface area contributed by atoms with Crippen molar-refractivity contribution in [2.75, 3.05) is 17.7 Å². The van der Waals surface area contributed by atoms with Gasteiger partial charge in [-0.15, -0.1) is 0 Å². The molecule has 0 bridgehead atoms. The van der Waals surface area contributed by atoms with Gasteiger partial charge >= 0.3 is 0 Å². The highest BCUT2D eigenvalue weighted by atomic mass is 35.5. The lowest BCUT2D eigenvalue weighted by Crippen LogP contribution is -2.24. The van der Waals surface area contributed by atoms with Gasteiger partial charge in [-0.2, -0.15) is 15.3 Å². The molecule has 7 nitrogen and oxygen atoms in total. The molecule has 0 radical (unpaired) electrons. The van der Waals surface area contributed by atoms with E-state index >= 15 is 0 Å². The number of hydrogen-bond donors (Lipinski definition) is 2. The van der Waals surface area contributed by atoms with Crippen molar-refractivity contribution in [3.8, 4) is 6.07 Å². The first-order chi connectivity index (χ1) is 9.87. The summed E-state index contributed by atoms with van der Waals surface area (Å²) in [7, 11) is 1.73. The Labute approximate surface area is 128 Å². The summed E-state index contributed by atoms with van der Waals surface area (Å²) >= 11 is 5.95. The Morgan fingerprint density at radius 1 is 1.43 bits per heavy atom. The van der Waals surface area contributed by atoms with Crippen molar-refractivity contribution >= 4 is 29.1 Å². The Balaban J connectivity index is 2.31. The fourth-order valence-corrected chi connectivity index (χ4v) is 1.83. The van der Waals surface area contributed by atoms with E-state index in [0.717, 1.165) is 11.4 Å². The summed E-state index contributed by atoms with van der Waals surface area (Å²) < 4.78 is 1.61. The zero-order valence-electron chi connectivity index (χ0n) is 12.3. The maximum absolute atomic E-state index is 9.16. The number of anilines is 3. The first kappa shape index (κ1) is 15.1. The molecular formula is C13H16ClN7. The Morgan fingerprint density at radius 3 is 2.76 bits per heavy atom. The molecule has 2 rings (SSSR count). The minimum Gasteiger partial charge on any atom is -0.372 e. The van der Waals surface area contributed by atoms with E-state index in [2.05, 4.69) is 31.8 Å². The normalized spacial score (nSPS) is 11.0. The molecule has 2 heterocycles. The molecule has 0 aliphatic heterocycles. The number of aromatic nitrogens is 4. The van der Waals surface area contributed by atoms with Crippen molar-refractivity contribution in [2.24, 2.45) is 0 Å². The number of nitriles is 1. The average molecular weight is 306 g/mol. The van der Waals surface area contributed by atoms with E-state index < -0.39 is 5.54 Å². The topological polar surface area (TPSA) is 91.5 Å². The lowest BCUT2D eigenvalue weighted by Gasteiger charge is -2.15. The van der Waals surface area contributed by atoms with Gasteiger partial charge in [-0.3, -0.25) is 4.68 Å². The molecule has 0 saturated carbocycles. The predicted octanol–water partition coefficient (Wildman–Crippen LogP) is 2.68. The highest BCUT2D eigenvalue weighted by Crippen LogP contribution is 2.24. The van der Waals surface area contributed by atoms with Gasteiger partial charge in [-0.1, -0.05) is 11.6 Å². The second-order valence-corrected chi connectivity index (χ2v) is 5.42. The van der Waals surface area contributed by atoms with E-state index in [0.29, 0.717) is 16.8 Å². The molecule has 0 amide bonds. The summed E-state index contributed by atoms with van der Waals surface area (Å²) in [5, 5.41) is 19.9. The Morgan fingerprint density at radius 2 is 2.14 bits per heavy atom. The molecule has 2 aromatic heterocycles. The smallest absolute Gasteiger partial charge is 0.229 e. The van der Waals surface area contributed by atoms with Gasteiger partial charge in [0.1, 0.15) is 16.4 Å². The molecule has 0 aliphatic carbocycles. The monoisotopic (exact) mass is 305 g/mol. The van der Waals surface area contributed by atoms with Crippen LogP contribution < -0.4 is 10.6 Å². The van der Waals surface area contributed by atoms with Gasteiger partial charge in [0.25, 0.3) is 0 Å². The van der Waals surface area contributed by atoms with E-state index in [1.54, 1.807) is 31.8 Å². The van der Waals surface area contributed by atoms with Crippen LogP contribution in [0.4, 0.5) is 17.5 Å². The number of aryl methyl sites for hydroxylation is 1. The van der Waals surface area contributed by atoms with Crippen molar-refractivity contribution in [1.82, 2.24) is 19.7 Å². The fourth-order valence-electron chi connectivity index (χ4n) is 1.64. The highest BCUT2D eigenvalue weighted by Gasteiger charge is 2.22. The van der Waals surface area contributed by atoms with Crippen LogP contribution in [0.5, 0.6) is 0 Å². The largest absolute Gasteiger partial charge is 0.372 e. The van der Waals surface area contributed by atoms with Crippen LogP contribution in [0.15, 0.2) is 12.4 Å².